The fourth-order valence-electron chi connectivity index (χ4n) is 3.71. The minimum atomic E-state index is 0.127. The Morgan fingerprint density at radius 1 is 1.16 bits per heavy atom. The van der Waals surface area contributed by atoms with E-state index in [-0.39, 0.29) is 6.10 Å². The maximum absolute atomic E-state index is 6.21. The highest BCUT2D eigenvalue weighted by atomic mass is 16.5. The number of nitrogens with zero attached hydrogens (tertiary/aromatic N) is 3. The summed E-state index contributed by atoms with van der Waals surface area (Å²) in [4.78, 5) is 4.37. The lowest BCUT2D eigenvalue weighted by Gasteiger charge is -2.18. The maximum Gasteiger partial charge on any atom is 0.191 e. The molecule has 1 aliphatic heterocycles. The lowest BCUT2D eigenvalue weighted by atomic mass is 10.1. The molecule has 1 aromatic heterocycles. The Kier molecular flexibility index (Phi) is 7.40. The fourth-order valence-corrected chi connectivity index (χ4v) is 3.71. The van der Waals surface area contributed by atoms with Gasteiger partial charge in [0.25, 0.3) is 0 Å². The summed E-state index contributed by atoms with van der Waals surface area (Å²) >= 11 is 0. The third-order valence-corrected chi connectivity index (χ3v) is 5.43. The molecule has 2 aromatic carbocycles. The van der Waals surface area contributed by atoms with E-state index in [1.165, 1.54) is 16.7 Å². The Labute approximate surface area is 189 Å². The molecular weight excluding hydrogens is 402 g/mol. The quantitative estimate of drug-likeness (QED) is 0.421. The molecule has 1 saturated heterocycles. The molecule has 7 nitrogen and oxygen atoms in total. The molecule has 0 saturated carbocycles. The Hall–Kier alpha value is -3.32. The third kappa shape index (κ3) is 6.11. The van der Waals surface area contributed by atoms with Crippen molar-refractivity contribution in [2.45, 2.75) is 39.1 Å². The summed E-state index contributed by atoms with van der Waals surface area (Å²) in [6.07, 6.45) is 4.83. The average molecular weight is 434 g/mol. The van der Waals surface area contributed by atoms with Gasteiger partial charge in [0.2, 0.25) is 0 Å². The molecule has 2 N–H and O–H groups in total. The molecule has 0 spiro atoms. The molecule has 1 atom stereocenters. The number of hydrogen-bond acceptors (Lipinski definition) is 4. The molecule has 7 heteroatoms. The van der Waals surface area contributed by atoms with Crippen molar-refractivity contribution in [2.24, 2.45) is 4.99 Å². The summed E-state index contributed by atoms with van der Waals surface area (Å²) in [5.74, 6) is 1.66. The summed E-state index contributed by atoms with van der Waals surface area (Å²) < 4.78 is 13.6. The van der Waals surface area contributed by atoms with Crippen molar-refractivity contribution in [2.75, 3.05) is 20.3 Å². The van der Waals surface area contributed by atoms with Gasteiger partial charge in [0.05, 0.1) is 19.8 Å². The lowest BCUT2D eigenvalue weighted by molar-refractivity contribution is 0.140. The zero-order valence-corrected chi connectivity index (χ0v) is 18.8. The normalized spacial score (nSPS) is 16.2. The molecule has 0 bridgehead atoms. The molecular formula is C25H31N5O2. The van der Waals surface area contributed by atoms with Gasteiger partial charge >= 0.3 is 0 Å². The number of rotatable bonds is 8. The Bertz CT molecular complexity index is 1030. The summed E-state index contributed by atoms with van der Waals surface area (Å²) in [5, 5.41) is 11.1. The van der Waals surface area contributed by atoms with Gasteiger partial charge in [-0.05, 0) is 35.7 Å². The first-order valence-electron chi connectivity index (χ1n) is 11.0. The zero-order chi connectivity index (χ0) is 22.2. The van der Waals surface area contributed by atoms with E-state index < -0.39 is 0 Å². The summed E-state index contributed by atoms with van der Waals surface area (Å²) in [6.45, 7) is 5.57. The summed E-state index contributed by atoms with van der Waals surface area (Å²) in [7, 11) is 1.78. The Morgan fingerprint density at radius 2 is 2.03 bits per heavy atom. The molecule has 3 aromatic rings. The Balaban J connectivity index is 1.33. The van der Waals surface area contributed by atoms with Crippen molar-refractivity contribution in [3.05, 3.63) is 83.2 Å². The lowest BCUT2D eigenvalue weighted by Crippen LogP contribution is -2.36. The molecule has 0 radical (unpaired) electrons. The number of aromatic nitrogens is 2. The molecule has 168 valence electrons. The maximum atomic E-state index is 6.21. The van der Waals surface area contributed by atoms with Crippen molar-refractivity contribution in [1.82, 2.24) is 20.4 Å². The standard InChI is InChI=1S/C25H31N5O2/c1-19-7-8-22(24(13-19)32-23-9-12-31-18-23)16-28-25(26-2)27-15-20-5-3-6-21(14-20)17-30-11-4-10-29-30/h3-8,10-11,13-14,23H,9,12,15-18H2,1-2H3,(H2,26,27,28). The van der Waals surface area contributed by atoms with Crippen LogP contribution in [0.5, 0.6) is 5.75 Å². The van der Waals surface area contributed by atoms with Crippen molar-refractivity contribution in [3.8, 4) is 5.75 Å². The number of benzene rings is 2. The summed E-state index contributed by atoms with van der Waals surface area (Å²) in [6, 6.07) is 16.8. The van der Waals surface area contributed by atoms with Gasteiger partial charge in [0.15, 0.2) is 5.96 Å². The van der Waals surface area contributed by atoms with Crippen LogP contribution in [0.2, 0.25) is 0 Å². The van der Waals surface area contributed by atoms with Crippen molar-refractivity contribution in [1.29, 1.82) is 0 Å². The van der Waals surface area contributed by atoms with E-state index in [0.29, 0.717) is 19.7 Å². The van der Waals surface area contributed by atoms with Crippen LogP contribution in [0.1, 0.15) is 28.7 Å². The molecule has 1 fully saturated rings. The van der Waals surface area contributed by atoms with Crippen LogP contribution >= 0.6 is 0 Å². The van der Waals surface area contributed by atoms with Crippen molar-refractivity contribution in [3.63, 3.8) is 0 Å². The number of hydrogen-bond donors (Lipinski definition) is 2. The van der Waals surface area contributed by atoms with Crippen LogP contribution in [0.4, 0.5) is 0 Å². The minimum Gasteiger partial charge on any atom is -0.488 e. The van der Waals surface area contributed by atoms with E-state index in [1.807, 2.05) is 16.9 Å². The SMILES string of the molecule is CN=C(NCc1cccc(Cn2cccn2)c1)NCc1ccc(C)cc1OC1CCOC1. The monoisotopic (exact) mass is 433 g/mol. The second-order valence-electron chi connectivity index (χ2n) is 8.02. The molecule has 1 unspecified atom stereocenters. The van der Waals surface area contributed by atoms with Crippen molar-refractivity contribution < 1.29 is 9.47 Å². The first-order valence-corrected chi connectivity index (χ1v) is 11.0. The molecule has 0 aliphatic carbocycles. The Morgan fingerprint density at radius 3 is 2.81 bits per heavy atom. The van der Waals surface area contributed by atoms with Gasteiger partial charge in [-0.1, -0.05) is 36.4 Å². The highest BCUT2D eigenvalue weighted by Crippen LogP contribution is 2.23. The number of ether oxygens (including phenoxy) is 2. The van der Waals surface area contributed by atoms with Gasteiger partial charge in [-0.3, -0.25) is 9.67 Å². The van der Waals surface area contributed by atoms with E-state index in [4.69, 9.17) is 9.47 Å². The zero-order valence-electron chi connectivity index (χ0n) is 18.8. The smallest absolute Gasteiger partial charge is 0.191 e. The number of guanidine groups is 1. The fraction of sp³-hybridized carbons (Fsp3) is 0.360. The van der Waals surface area contributed by atoms with E-state index in [9.17, 15) is 0 Å². The highest BCUT2D eigenvalue weighted by Gasteiger charge is 2.18. The largest absolute Gasteiger partial charge is 0.488 e. The van der Waals surface area contributed by atoms with Crippen LogP contribution in [0.3, 0.4) is 0 Å². The first kappa shape index (κ1) is 21.9. The van der Waals surface area contributed by atoms with E-state index in [2.05, 4.69) is 70.1 Å². The van der Waals surface area contributed by atoms with E-state index in [1.54, 1.807) is 13.2 Å². The van der Waals surface area contributed by atoms with Gasteiger partial charge in [-0.15, -0.1) is 0 Å². The van der Waals surface area contributed by atoms with Crippen LogP contribution in [0, 0.1) is 6.92 Å². The van der Waals surface area contributed by atoms with Gasteiger partial charge in [-0.25, -0.2) is 0 Å². The van der Waals surface area contributed by atoms with Gasteiger partial charge in [-0.2, -0.15) is 5.10 Å². The third-order valence-electron chi connectivity index (χ3n) is 5.43. The minimum absolute atomic E-state index is 0.127. The van der Waals surface area contributed by atoms with E-state index >= 15 is 0 Å². The number of nitrogens with one attached hydrogen (secondary N) is 2. The van der Waals surface area contributed by atoms with Crippen LogP contribution in [0.15, 0.2) is 65.9 Å². The van der Waals surface area contributed by atoms with Gasteiger partial charge < -0.3 is 20.1 Å². The molecule has 1 aliphatic rings. The first-order chi connectivity index (χ1) is 15.7. The van der Waals surface area contributed by atoms with Crippen LogP contribution in [0.25, 0.3) is 0 Å². The second kappa shape index (κ2) is 10.8. The number of aryl methyl sites for hydroxylation is 1. The average Bonchev–Trinajstić information content (AvgIpc) is 3.50. The van der Waals surface area contributed by atoms with Crippen LogP contribution in [-0.4, -0.2) is 42.1 Å². The predicted octanol–water partition coefficient (Wildman–Crippen LogP) is 3.27. The van der Waals surface area contributed by atoms with Crippen molar-refractivity contribution >= 4 is 5.96 Å². The summed E-state index contributed by atoms with van der Waals surface area (Å²) in [5.41, 5.74) is 4.69. The van der Waals surface area contributed by atoms with Gasteiger partial charge in [0.1, 0.15) is 11.9 Å². The highest BCUT2D eigenvalue weighted by molar-refractivity contribution is 5.79. The number of aliphatic imine (C=N–C) groups is 1. The molecule has 4 rings (SSSR count). The molecule has 0 amide bonds. The van der Waals surface area contributed by atoms with Crippen LogP contribution in [-0.2, 0) is 24.4 Å². The predicted molar refractivity (Wildman–Crippen MR) is 126 cm³/mol. The second-order valence-corrected chi connectivity index (χ2v) is 8.02. The van der Waals surface area contributed by atoms with E-state index in [0.717, 1.165) is 36.8 Å². The topological polar surface area (TPSA) is 72.7 Å². The van der Waals surface area contributed by atoms with Gasteiger partial charge in [0, 0.05) is 44.5 Å². The molecule has 32 heavy (non-hydrogen) atoms. The molecule has 2 heterocycles. The van der Waals surface area contributed by atoms with Crippen LogP contribution < -0.4 is 15.4 Å².